The van der Waals surface area contributed by atoms with Gasteiger partial charge in [0, 0.05) is 18.8 Å². The molecule has 0 saturated heterocycles. The monoisotopic (exact) mass is 312 g/mol. The first kappa shape index (κ1) is 16.9. The molecular formula is C19H24N2O2. The molecule has 0 fully saturated rings. The molecule has 2 amide bonds. The largest absolute Gasteiger partial charge is 0.489 e. The number of amides is 2. The predicted molar refractivity (Wildman–Crippen MR) is 94.0 cm³/mol. The number of nitrogens with zero attached hydrogens (tertiary/aromatic N) is 1. The second kappa shape index (κ2) is 7.68. The number of hydrogen-bond acceptors (Lipinski definition) is 2. The molecule has 122 valence electrons. The highest BCUT2D eigenvalue weighted by Crippen LogP contribution is 2.19. The highest BCUT2D eigenvalue weighted by Gasteiger charge is 2.11. The Labute approximate surface area is 138 Å². The molecule has 0 unspecified atom stereocenters. The number of anilines is 1. The zero-order valence-electron chi connectivity index (χ0n) is 14.2. The van der Waals surface area contributed by atoms with Crippen molar-refractivity contribution in [3.63, 3.8) is 0 Å². The molecule has 0 bridgehead atoms. The maximum atomic E-state index is 12.0. The topological polar surface area (TPSA) is 41.6 Å². The average molecular weight is 312 g/mol. The van der Waals surface area contributed by atoms with Gasteiger partial charge in [-0.2, -0.15) is 0 Å². The summed E-state index contributed by atoms with van der Waals surface area (Å²) in [5, 5.41) is 2.86. The molecule has 0 spiro atoms. The fourth-order valence-electron chi connectivity index (χ4n) is 2.08. The lowest BCUT2D eigenvalue weighted by atomic mass is 10.2. The number of hydrogen-bond donors (Lipinski definition) is 1. The van der Waals surface area contributed by atoms with Crippen molar-refractivity contribution in [2.75, 3.05) is 11.9 Å². The van der Waals surface area contributed by atoms with E-state index in [-0.39, 0.29) is 12.1 Å². The standard InChI is InChI=1S/C19H24N2O2/c1-14(2)20-19(22)21(4)17-9-11-18(12-10-17)23-13-16-7-5-15(3)6-8-16/h5-12,14H,13H2,1-4H3,(H,20,22). The summed E-state index contributed by atoms with van der Waals surface area (Å²) >= 11 is 0. The van der Waals surface area contributed by atoms with E-state index in [0.29, 0.717) is 6.61 Å². The summed E-state index contributed by atoms with van der Waals surface area (Å²) in [6.07, 6.45) is 0. The van der Waals surface area contributed by atoms with Gasteiger partial charge in [0.1, 0.15) is 12.4 Å². The van der Waals surface area contributed by atoms with E-state index in [2.05, 4.69) is 36.5 Å². The van der Waals surface area contributed by atoms with Gasteiger partial charge in [-0.25, -0.2) is 4.79 Å². The van der Waals surface area contributed by atoms with Crippen molar-refractivity contribution in [1.29, 1.82) is 0 Å². The maximum absolute atomic E-state index is 12.0. The quantitative estimate of drug-likeness (QED) is 0.902. The van der Waals surface area contributed by atoms with Crippen LogP contribution in [0.3, 0.4) is 0 Å². The van der Waals surface area contributed by atoms with Crippen LogP contribution in [0.15, 0.2) is 48.5 Å². The van der Waals surface area contributed by atoms with Crippen LogP contribution in [0.5, 0.6) is 5.75 Å². The molecule has 0 heterocycles. The molecular weight excluding hydrogens is 288 g/mol. The second-order valence-corrected chi connectivity index (χ2v) is 5.93. The van der Waals surface area contributed by atoms with Crippen LogP contribution >= 0.6 is 0 Å². The molecule has 0 atom stereocenters. The fourth-order valence-corrected chi connectivity index (χ4v) is 2.08. The Morgan fingerprint density at radius 2 is 1.70 bits per heavy atom. The van der Waals surface area contributed by atoms with Gasteiger partial charge in [-0.05, 0) is 50.6 Å². The van der Waals surface area contributed by atoms with E-state index in [1.807, 2.05) is 38.1 Å². The molecule has 0 aliphatic rings. The van der Waals surface area contributed by atoms with Crippen LogP contribution in [0.4, 0.5) is 10.5 Å². The number of carbonyl (C=O) groups excluding carboxylic acids is 1. The normalized spacial score (nSPS) is 10.5. The number of urea groups is 1. The zero-order chi connectivity index (χ0) is 16.8. The molecule has 2 aromatic rings. The summed E-state index contributed by atoms with van der Waals surface area (Å²) in [5.74, 6) is 0.784. The molecule has 0 aliphatic heterocycles. The summed E-state index contributed by atoms with van der Waals surface area (Å²) in [4.78, 5) is 13.5. The molecule has 0 radical (unpaired) electrons. The van der Waals surface area contributed by atoms with Gasteiger partial charge in [0.15, 0.2) is 0 Å². The molecule has 4 nitrogen and oxygen atoms in total. The lowest BCUT2D eigenvalue weighted by Gasteiger charge is -2.20. The zero-order valence-corrected chi connectivity index (χ0v) is 14.2. The first-order valence-electron chi connectivity index (χ1n) is 7.78. The van der Waals surface area contributed by atoms with Crippen LogP contribution in [-0.2, 0) is 6.61 Å². The molecule has 0 saturated carbocycles. The maximum Gasteiger partial charge on any atom is 0.321 e. The van der Waals surface area contributed by atoms with Gasteiger partial charge in [-0.3, -0.25) is 4.90 Å². The number of aryl methyl sites for hydroxylation is 1. The molecule has 23 heavy (non-hydrogen) atoms. The number of ether oxygens (including phenoxy) is 1. The summed E-state index contributed by atoms with van der Waals surface area (Å²) in [7, 11) is 1.75. The van der Waals surface area contributed by atoms with Gasteiger partial charge in [-0.1, -0.05) is 29.8 Å². The van der Waals surface area contributed by atoms with Crippen molar-refractivity contribution in [3.05, 3.63) is 59.7 Å². The Morgan fingerprint density at radius 1 is 1.09 bits per heavy atom. The van der Waals surface area contributed by atoms with Gasteiger partial charge >= 0.3 is 6.03 Å². The highest BCUT2D eigenvalue weighted by atomic mass is 16.5. The van der Waals surface area contributed by atoms with E-state index in [1.165, 1.54) is 5.56 Å². The summed E-state index contributed by atoms with van der Waals surface area (Å²) in [5.41, 5.74) is 3.19. The van der Waals surface area contributed by atoms with Crippen LogP contribution in [0.25, 0.3) is 0 Å². The minimum absolute atomic E-state index is 0.113. The van der Waals surface area contributed by atoms with Crippen molar-refractivity contribution >= 4 is 11.7 Å². The first-order chi connectivity index (χ1) is 11.0. The average Bonchev–Trinajstić information content (AvgIpc) is 2.53. The van der Waals surface area contributed by atoms with Crippen molar-refractivity contribution in [2.24, 2.45) is 0 Å². The van der Waals surface area contributed by atoms with Crippen LogP contribution in [0, 0.1) is 6.92 Å². The summed E-state index contributed by atoms with van der Waals surface area (Å²) in [6, 6.07) is 15.8. The van der Waals surface area contributed by atoms with Crippen LogP contribution in [-0.4, -0.2) is 19.1 Å². The Bertz CT molecular complexity index is 633. The summed E-state index contributed by atoms with van der Waals surface area (Å²) in [6.45, 7) is 6.47. The Kier molecular flexibility index (Phi) is 5.63. The van der Waals surface area contributed by atoms with E-state index in [9.17, 15) is 4.79 Å². The lowest BCUT2D eigenvalue weighted by Crippen LogP contribution is -2.40. The molecule has 1 N–H and O–H groups in total. The minimum atomic E-state index is -0.117. The third-order valence-electron chi connectivity index (χ3n) is 3.47. The summed E-state index contributed by atoms with van der Waals surface area (Å²) < 4.78 is 5.77. The number of benzene rings is 2. The van der Waals surface area contributed by atoms with Crippen molar-refractivity contribution in [1.82, 2.24) is 5.32 Å². The predicted octanol–water partition coefficient (Wildman–Crippen LogP) is 4.13. The number of rotatable bonds is 5. The second-order valence-electron chi connectivity index (χ2n) is 5.93. The third kappa shape index (κ3) is 5.02. The fraction of sp³-hybridized carbons (Fsp3) is 0.316. The van der Waals surface area contributed by atoms with Crippen LogP contribution < -0.4 is 15.0 Å². The van der Waals surface area contributed by atoms with Crippen molar-refractivity contribution in [2.45, 2.75) is 33.4 Å². The van der Waals surface area contributed by atoms with Gasteiger partial charge in [0.25, 0.3) is 0 Å². The van der Waals surface area contributed by atoms with E-state index >= 15 is 0 Å². The molecule has 0 aromatic heterocycles. The SMILES string of the molecule is Cc1ccc(COc2ccc(N(C)C(=O)NC(C)C)cc2)cc1. The number of carbonyl (C=O) groups is 1. The lowest BCUT2D eigenvalue weighted by molar-refractivity contribution is 0.245. The Hall–Kier alpha value is -2.49. The molecule has 0 aliphatic carbocycles. The van der Waals surface area contributed by atoms with E-state index in [1.54, 1.807) is 11.9 Å². The van der Waals surface area contributed by atoms with E-state index in [0.717, 1.165) is 17.0 Å². The van der Waals surface area contributed by atoms with Crippen LogP contribution in [0.2, 0.25) is 0 Å². The molecule has 4 heteroatoms. The Morgan fingerprint density at radius 3 is 2.26 bits per heavy atom. The number of nitrogens with one attached hydrogen (secondary N) is 1. The van der Waals surface area contributed by atoms with Crippen molar-refractivity contribution in [3.8, 4) is 5.75 Å². The van der Waals surface area contributed by atoms with Crippen molar-refractivity contribution < 1.29 is 9.53 Å². The van der Waals surface area contributed by atoms with Gasteiger partial charge < -0.3 is 10.1 Å². The molecule has 2 rings (SSSR count). The highest BCUT2D eigenvalue weighted by molar-refractivity contribution is 5.91. The minimum Gasteiger partial charge on any atom is -0.489 e. The third-order valence-corrected chi connectivity index (χ3v) is 3.47. The van der Waals surface area contributed by atoms with Gasteiger partial charge in [0.2, 0.25) is 0 Å². The van der Waals surface area contributed by atoms with Gasteiger partial charge in [0.05, 0.1) is 0 Å². The Balaban J connectivity index is 1.93. The first-order valence-corrected chi connectivity index (χ1v) is 7.78. The smallest absolute Gasteiger partial charge is 0.321 e. The van der Waals surface area contributed by atoms with Gasteiger partial charge in [-0.15, -0.1) is 0 Å². The van der Waals surface area contributed by atoms with E-state index in [4.69, 9.17) is 4.74 Å². The molecule has 2 aromatic carbocycles. The van der Waals surface area contributed by atoms with Crippen LogP contribution in [0.1, 0.15) is 25.0 Å². The van der Waals surface area contributed by atoms with E-state index < -0.39 is 0 Å².